The Labute approximate surface area is 180 Å². The second-order valence-electron chi connectivity index (χ2n) is 7.22. The number of hydrogen-bond acceptors (Lipinski definition) is 6. The first-order valence-corrected chi connectivity index (χ1v) is 10.8. The highest BCUT2D eigenvalue weighted by Crippen LogP contribution is 2.35. The van der Waals surface area contributed by atoms with E-state index in [9.17, 15) is 9.59 Å². The summed E-state index contributed by atoms with van der Waals surface area (Å²) in [5, 5.41) is 9.73. The van der Waals surface area contributed by atoms with Crippen molar-refractivity contribution in [1.82, 2.24) is 29.5 Å². The van der Waals surface area contributed by atoms with E-state index in [1.165, 1.54) is 21.9 Å². The van der Waals surface area contributed by atoms with Crippen molar-refractivity contribution in [2.75, 3.05) is 0 Å². The van der Waals surface area contributed by atoms with E-state index in [1.54, 1.807) is 6.20 Å². The molecule has 8 nitrogen and oxygen atoms in total. The first-order valence-electron chi connectivity index (χ1n) is 9.58. The molecule has 30 heavy (non-hydrogen) atoms. The summed E-state index contributed by atoms with van der Waals surface area (Å²) in [6, 6.07) is 10.4. The summed E-state index contributed by atoms with van der Waals surface area (Å²) in [6.45, 7) is 0.188. The highest BCUT2D eigenvalue weighted by Gasteiger charge is 2.27. The van der Waals surface area contributed by atoms with Crippen LogP contribution in [0.15, 0.2) is 47.5 Å². The largest absolute Gasteiger partial charge is 0.345 e. The molecule has 0 atom stereocenters. The molecular formula is C20H18N6O2S2. The number of hydrogen-bond donors (Lipinski definition) is 2. The highest BCUT2D eigenvalue weighted by molar-refractivity contribution is 7.71. The maximum absolute atomic E-state index is 12.9. The fraction of sp³-hybridized carbons (Fsp3) is 0.250. The lowest BCUT2D eigenvalue weighted by Gasteiger charge is -2.06. The number of rotatable bonds is 6. The van der Waals surface area contributed by atoms with Crippen LogP contribution in [0.1, 0.15) is 45.5 Å². The minimum Gasteiger partial charge on any atom is -0.345 e. The normalized spacial score (nSPS) is 13.6. The van der Waals surface area contributed by atoms with Gasteiger partial charge in [-0.1, -0.05) is 30.3 Å². The molecule has 4 aromatic rings. The molecule has 3 heterocycles. The van der Waals surface area contributed by atoms with Gasteiger partial charge < -0.3 is 5.32 Å². The van der Waals surface area contributed by atoms with E-state index in [4.69, 9.17) is 12.2 Å². The molecule has 0 aliphatic heterocycles. The molecule has 0 bridgehead atoms. The van der Waals surface area contributed by atoms with Gasteiger partial charge in [-0.25, -0.2) is 4.98 Å². The molecule has 1 fully saturated rings. The van der Waals surface area contributed by atoms with E-state index in [2.05, 4.69) is 20.5 Å². The van der Waals surface area contributed by atoms with Crippen LogP contribution >= 0.6 is 23.6 Å². The summed E-state index contributed by atoms with van der Waals surface area (Å²) in [7, 11) is 0. The average Bonchev–Trinajstić information content (AvgIpc) is 3.38. The smallest absolute Gasteiger partial charge is 0.271 e. The minimum atomic E-state index is -0.478. The zero-order valence-electron chi connectivity index (χ0n) is 15.9. The standard InChI is InChI=1S/C20H18N6O2S2/c27-17(21-10-16-23-24-19(29)26(16)13-6-7-13)15-9-22-20-25(18(15)28)11-14(30-20)8-12-4-2-1-3-5-12/h1-5,9,11,13H,6-8,10H2,(H,21,27)(H,24,29). The Morgan fingerprint density at radius 3 is 2.87 bits per heavy atom. The van der Waals surface area contributed by atoms with Gasteiger partial charge in [0.2, 0.25) is 0 Å². The summed E-state index contributed by atoms with van der Waals surface area (Å²) in [4.78, 5) is 31.4. The van der Waals surface area contributed by atoms with Crippen molar-refractivity contribution in [1.29, 1.82) is 0 Å². The summed E-state index contributed by atoms with van der Waals surface area (Å²) in [5.41, 5.74) is 0.775. The van der Waals surface area contributed by atoms with Gasteiger partial charge in [-0.15, -0.1) is 11.3 Å². The maximum Gasteiger partial charge on any atom is 0.271 e. The predicted octanol–water partition coefficient (Wildman–Crippen LogP) is 2.87. The Kier molecular flexibility index (Phi) is 4.80. The summed E-state index contributed by atoms with van der Waals surface area (Å²) in [6.07, 6.45) is 5.92. The molecule has 1 aliphatic carbocycles. The average molecular weight is 439 g/mol. The second kappa shape index (κ2) is 7.62. The van der Waals surface area contributed by atoms with E-state index in [1.807, 2.05) is 34.9 Å². The molecule has 5 rings (SSSR count). The van der Waals surface area contributed by atoms with Crippen LogP contribution in [0, 0.1) is 4.77 Å². The quantitative estimate of drug-likeness (QED) is 0.451. The minimum absolute atomic E-state index is 0.00339. The first-order chi connectivity index (χ1) is 14.6. The van der Waals surface area contributed by atoms with Crippen molar-refractivity contribution < 1.29 is 4.79 Å². The Morgan fingerprint density at radius 1 is 1.30 bits per heavy atom. The van der Waals surface area contributed by atoms with Crippen LogP contribution < -0.4 is 10.9 Å². The number of thiazole rings is 1. The van der Waals surface area contributed by atoms with Crippen LogP contribution in [0.5, 0.6) is 0 Å². The Bertz CT molecular complexity index is 1350. The van der Waals surface area contributed by atoms with Gasteiger partial charge in [0.05, 0.1) is 6.54 Å². The molecule has 0 spiro atoms. The first kappa shape index (κ1) is 18.9. The topological polar surface area (TPSA) is 97.1 Å². The zero-order chi connectivity index (χ0) is 20.7. The number of H-pyrrole nitrogens is 1. The fourth-order valence-corrected chi connectivity index (χ4v) is 4.66. The number of aromatic amines is 1. The van der Waals surface area contributed by atoms with Crippen LogP contribution in [0.25, 0.3) is 4.96 Å². The molecule has 0 saturated heterocycles. The van der Waals surface area contributed by atoms with Crippen molar-refractivity contribution in [2.45, 2.75) is 31.8 Å². The Morgan fingerprint density at radius 2 is 2.10 bits per heavy atom. The lowest BCUT2D eigenvalue weighted by atomic mass is 10.1. The molecule has 152 valence electrons. The predicted molar refractivity (Wildman–Crippen MR) is 115 cm³/mol. The third-order valence-electron chi connectivity index (χ3n) is 5.02. The van der Waals surface area contributed by atoms with E-state index < -0.39 is 5.91 Å². The number of amides is 1. The molecule has 3 aromatic heterocycles. The van der Waals surface area contributed by atoms with Gasteiger partial charge in [-0.2, -0.15) is 5.10 Å². The number of nitrogens with one attached hydrogen (secondary N) is 2. The Hall–Kier alpha value is -3.11. The van der Waals surface area contributed by atoms with Gasteiger partial charge in [0.25, 0.3) is 11.5 Å². The van der Waals surface area contributed by atoms with Gasteiger partial charge in [0.15, 0.2) is 15.6 Å². The molecule has 1 aromatic carbocycles. The van der Waals surface area contributed by atoms with E-state index in [0.717, 1.165) is 23.3 Å². The summed E-state index contributed by atoms with van der Waals surface area (Å²) >= 11 is 6.70. The van der Waals surface area contributed by atoms with Crippen LogP contribution in [-0.2, 0) is 13.0 Å². The van der Waals surface area contributed by atoms with Crippen molar-refractivity contribution in [3.63, 3.8) is 0 Å². The lowest BCUT2D eigenvalue weighted by Crippen LogP contribution is -2.31. The number of benzene rings is 1. The summed E-state index contributed by atoms with van der Waals surface area (Å²) < 4.78 is 3.92. The summed E-state index contributed by atoms with van der Waals surface area (Å²) in [5.74, 6) is 0.180. The monoisotopic (exact) mass is 438 g/mol. The SMILES string of the molecule is O=C(NCc1n[nH]c(=S)n1C1CC1)c1cnc2sc(Cc3ccccc3)cn2c1=O. The molecule has 0 unspecified atom stereocenters. The molecule has 0 radical (unpaired) electrons. The van der Waals surface area contributed by atoms with Gasteiger partial charge in [-0.3, -0.25) is 23.7 Å². The van der Waals surface area contributed by atoms with E-state index >= 15 is 0 Å². The van der Waals surface area contributed by atoms with Crippen LogP contribution in [0.3, 0.4) is 0 Å². The highest BCUT2D eigenvalue weighted by atomic mass is 32.1. The second-order valence-corrected chi connectivity index (χ2v) is 8.70. The van der Waals surface area contributed by atoms with Crippen LogP contribution in [0.4, 0.5) is 0 Å². The molecule has 1 saturated carbocycles. The third-order valence-corrected chi connectivity index (χ3v) is 6.30. The number of carbonyl (C=O) groups excluding carboxylic acids is 1. The van der Waals surface area contributed by atoms with Crippen molar-refractivity contribution in [2.24, 2.45) is 0 Å². The molecule has 10 heteroatoms. The van der Waals surface area contributed by atoms with Gasteiger partial charge in [0, 0.05) is 29.7 Å². The molecular weight excluding hydrogens is 420 g/mol. The molecule has 1 amide bonds. The van der Waals surface area contributed by atoms with Crippen molar-refractivity contribution in [3.05, 3.63) is 79.7 Å². The number of aromatic nitrogens is 5. The van der Waals surface area contributed by atoms with Gasteiger partial charge >= 0.3 is 0 Å². The number of carbonyl (C=O) groups is 1. The number of nitrogens with zero attached hydrogens (tertiary/aromatic N) is 4. The molecule has 2 N–H and O–H groups in total. The molecule has 1 aliphatic rings. The number of fused-ring (bicyclic) bond motifs is 1. The van der Waals surface area contributed by atoms with E-state index in [-0.39, 0.29) is 17.7 Å². The maximum atomic E-state index is 12.9. The van der Waals surface area contributed by atoms with Gasteiger partial charge in [0.1, 0.15) is 5.56 Å². The van der Waals surface area contributed by atoms with E-state index in [0.29, 0.717) is 28.0 Å². The fourth-order valence-electron chi connectivity index (χ4n) is 3.39. The third kappa shape index (κ3) is 3.59. The van der Waals surface area contributed by atoms with Gasteiger partial charge in [-0.05, 0) is 30.6 Å². The lowest BCUT2D eigenvalue weighted by molar-refractivity contribution is 0.0947. The van der Waals surface area contributed by atoms with Crippen LogP contribution in [-0.4, -0.2) is 30.1 Å². The Balaban J connectivity index is 1.36. The van der Waals surface area contributed by atoms with Crippen molar-refractivity contribution in [3.8, 4) is 0 Å². The van der Waals surface area contributed by atoms with Crippen LogP contribution in [0.2, 0.25) is 0 Å². The van der Waals surface area contributed by atoms with Crippen molar-refractivity contribution >= 4 is 34.4 Å². The zero-order valence-corrected chi connectivity index (χ0v) is 17.5.